The van der Waals surface area contributed by atoms with E-state index in [-0.39, 0.29) is 5.82 Å². The van der Waals surface area contributed by atoms with E-state index in [4.69, 9.17) is 10.2 Å². The second kappa shape index (κ2) is 11.2. The minimum absolute atomic E-state index is 0.203. The number of pyridine rings is 1. The Morgan fingerprint density at radius 2 is 1.74 bits per heavy atom. The molecule has 4 aromatic rings. The molecule has 0 saturated carbocycles. The van der Waals surface area contributed by atoms with Gasteiger partial charge in [-0.05, 0) is 54.5 Å². The Hall–Kier alpha value is -4.28. The Labute approximate surface area is 230 Å². The Bertz CT molecular complexity index is 1470. The summed E-state index contributed by atoms with van der Waals surface area (Å²) in [6, 6.07) is 26.1. The maximum absolute atomic E-state index is 9.03. The van der Waals surface area contributed by atoms with Crippen molar-refractivity contribution in [1.82, 2.24) is 19.9 Å². The second-order valence-electron chi connectivity index (χ2n) is 10.5. The number of benzene rings is 2. The van der Waals surface area contributed by atoms with E-state index in [9.17, 15) is 0 Å². The first-order valence-electron chi connectivity index (χ1n) is 13.8. The van der Waals surface area contributed by atoms with Crippen LogP contribution < -0.4 is 10.2 Å². The summed E-state index contributed by atoms with van der Waals surface area (Å²) in [7, 11) is 2.15. The minimum atomic E-state index is 0.203. The van der Waals surface area contributed by atoms with Gasteiger partial charge in [0.05, 0.1) is 5.69 Å². The molecule has 0 unspecified atom stereocenters. The SMILES string of the molecule is CN1CCCc2cc(-c3ccccc3)c(-c3ccc(CN4CCC(Nc5ccnc(C#N)n5)CC4)cc3)nc21. The zero-order chi connectivity index (χ0) is 26.6. The van der Waals surface area contributed by atoms with Gasteiger partial charge in [0, 0.05) is 56.6 Å². The maximum Gasteiger partial charge on any atom is 0.234 e. The monoisotopic (exact) mass is 515 g/mol. The Balaban J connectivity index is 1.15. The van der Waals surface area contributed by atoms with Crippen LogP contribution in [-0.2, 0) is 13.0 Å². The second-order valence-corrected chi connectivity index (χ2v) is 10.5. The summed E-state index contributed by atoms with van der Waals surface area (Å²) in [5, 5.41) is 12.5. The first kappa shape index (κ1) is 25.0. The van der Waals surface area contributed by atoms with Crippen LogP contribution in [0.15, 0.2) is 72.9 Å². The third-order valence-electron chi connectivity index (χ3n) is 7.79. The molecule has 0 spiro atoms. The van der Waals surface area contributed by atoms with Gasteiger partial charge in [-0.3, -0.25) is 4.90 Å². The Morgan fingerprint density at radius 1 is 0.949 bits per heavy atom. The van der Waals surface area contributed by atoms with Crippen LogP contribution in [-0.4, -0.2) is 52.6 Å². The standard InChI is InChI=1S/C32H33N7/c1-38-17-5-8-26-20-28(24-6-3-2-4-7-24)31(37-32(26)38)25-11-9-23(10-12-25)22-39-18-14-27(15-19-39)35-29-13-16-34-30(21-33)36-29/h2-4,6-7,9-13,16,20,27H,5,8,14-15,17-19,22H2,1H3,(H,34,35,36). The number of aryl methyl sites for hydroxylation is 1. The molecule has 1 N–H and O–H groups in total. The van der Waals surface area contributed by atoms with Crippen LogP contribution in [0.25, 0.3) is 22.4 Å². The molecular weight excluding hydrogens is 482 g/mol. The van der Waals surface area contributed by atoms with Crippen molar-refractivity contribution in [3.05, 3.63) is 89.9 Å². The number of aromatic nitrogens is 3. The average Bonchev–Trinajstić information content (AvgIpc) is 2.99. The third kappa shape index (κ3) is 5.62. The lowest BCUT2D eigenvalue weighted by atomic mass is 9.94. The molecule has 39 heavy (non-hydrogen) atoms. The van der Waals surface area contributed by atoms with Crippen molar-refractivity contribution in [2.75, 3.05) is 36.9 Å². The molecule has 7 heteroatoms. The average molecular weight is 516 g/mol. The van der Waals surface area contributed by atoms with Crippen molar-refractivity contribution in [1.29, 1.82) is 5.26 Å². The lowest BCUT2D eigenvalue weighted by Crippen LogP contribution is -2.38. The normalized spacial score (nSPS) is 15.9. The molecule has 0 amide bonds. The summed E-state index contributed by atoms with van der Waals surface area (Å²) in [6.07, 6.45) is 5.96. The first-order valence-corrected chi connectivity index (χ1v) is 13.8. The lowest BCUT2D eigenvalue weighted by molar-refractivity contribution is 0.211. The third-order valence-corrected chi connectivity index (χ3v) is 7.79. The number of anilines is 2. The van der Waals surface area contributed by atoms with Crippen LogP contribution in [0, 0.1) is 11.3 Å². The van der Waals surface area contributed by atoms with Gasteiger partial charge in [-0.15, -0.1) is 0 Å². The highest BCUT2D eigenvalue weighted by Crippen LogP contribution is 2.36. The van der Waals surface area contributed by atoms with Crippen LogP contribution >= 0.6 is 0 Å². The van der Waals surface area contributed by atoms with E-state index >= 15 is 0 Å². The van der Waals surface area contributed by atoms with Crippen molar-refractivity contribution in [2.45, 2.75) is 38.3 Å². The predicted octanol–water partition coefficient (Wildman–Crippen LogP) is 5.54. The number of rotatable bonds is 6. The molecule has 0 atom stereocenters. The Kier molecular flexibility index (Phi) is 7.20. The number of fused-ring (bicyclic) bond motifs is 1. The molecule has 196 valence electrons. The van der Waals surface area contributed by atoms with Crippen LogP contribution in [0.4, 0.5) is 11.6 Å². The molecule has 0 aliphatic carbocycles. The maximum atomic E-state index is 9.03. The number of nitrogens with zero attached hydrogens (tertiary/aromatic N) is 6. The van der Waals surface area contributed by atoms with Crippen molar-refractivity contribution >= 4 is 11.6 Å². The zero-order valence-electron chi connectivity index (χ0n) is 22.3. The van der Waals surface area contributed by atoms with Gasteiger partial charge in [-0.1, -0.05) is 54.6 Å². The Morgan fingerprint density at radius 3 is 2.51 bits per heavy atom. The number of hydrogen-bond acceptors (Lipinski definition) is 7. The molecule has 2 aliphatic rings. The molecule has 6 rings (SSSR count). The summed E-state index contributed by atoms with van der Waals surface area (Å²) in [6.45, 7) is 4.03. The molecular formula is C32H33N7. The number of nitrogens with one attached hydrogen (secondary N) is 1. The highest BCUT2D eigenvalue weighted by Gasteiger charge is 2.22. The fourth-order valence-electron chi connectivity index (χ4n) is 5.69. The number of likely N-dealkylation sites (tertiary alicyclic amines) is 1. The van der Waals surface area contributed by atoms with Crippen LogP contribution in [0.2, 0.25) is 0 Å². The van der Waals surface area contributed by atoms with Crippen molar-refractivity contribution in [3.8, 4) is 28.5 Å². The molecule has 4 heterocycles. The van der Waals surface area contributed by atoms with Gasteiger partial charge in [0.1, 0.15) is 17.7 Å². The molecule has 2 aromatic carbocycles. The van der Waals surface area contributed by atoms with E-state index in [2.05, 4.69) is 92.8 Å². The molecule has 0 radical (unpaired) electrons. The fraction of sp³-hybridized carbons (Fsp3) is 0.312. The van der Waals surface area contributed by atoms with E-state index in [1.807, 2.05) is 12.1 Å². The topological polar surface area (TPSA) is 81.0 Å². The number of piperidine rings is 1. The van der Waals surface area contributed by atoms with E-state index in [1.54, 1.807) is 6.20 Å². The fourth-order valence-corrected chi connectivity index (χ4v) is 5.69. The van der Waals surface area contributed by atoms with Gasteiger partial charge < -0.3 is 10.2 Å². The quantitative estimate of drug-likeness (QED) is 0.361. The van der Waals surface area contributed by atoms with Gasteiger partial charge in [0.25, 0.3) is 0 Å². The predicted molar refractivity (Wildman–Crippen MR) is 155 cm³/mol. The first-order chi connectivity index (χ1) is 19.2. The highest BCUT2D eigenvalue weighted by molar-refractivity contribution is 5.83. The van der Waals surface area contributed by atoms with E-state index in [0.717, 1.165) is 68.3 Å². The van der Waals surface area contributed by atoms with Gasteiger partial charge in [0.2, 0.25) is 5.82 Å². The van der Waals surface area contributed by atoms with Gasteiger partial charge in [-0.2, -0.15) is 5.26 Å². The molecule has 2 aromatic heterocycles. The lowest BCUT2D eigenvalue weighted by Gasteiger charge is -2.32. The summed E-state index contributed by atoms with van der Waals surface area (Å²) in [4.78, 5) is 18.2. The molecule has 1 fully saturated rings. The zero-order valence-corrected chi connectivity index (χ0v) is 22.3. The molecule has 7 nitrogen and oxygen atoms in total. The van der Waals surface area contributed by atoms with Crippen molar-refractivity contribution in [3.63, 3.8) is 0 Å². The van der Waals surface area contributed by atoms with E-state index in [0.29, 0.717) is 6.04 Å². The van der Waals surface area contributed by atoms with Crippen LogP contribution in [0.5, 0.6) is 0 Å². The van der Waals surface area contributed by atoms with Crippen molar-refractivity contribution < 1.29 is 0 Å². The van der Waals surface area contributed by atoms with Gasteiger partial charge >= 0.3 is 0 Å². The van der Waals surface area contributed by atoms with Gasteiger partial charge in [0.15, 0.2) is 0 Å². The highest BCUT2D eigenvalue weighted by atomic mass is 15.2. The van der Waals surface area contributed by atoms with Crippen molar-refractivity contribution in [2.24, 2.45) is 0 Å². The molecule has 0 bridgehead atoms. The smallest absolute Gasteiger partial charge is 0.234 e. The molecule has 1 saturated heterocycles. The summed E-state index contributed by atoms with van der Waals surface area (Å²) in [5.41, 5.74) is 7.28. The summed E-state index contributed by atoms with van der Waals surface area (Å²) < 4.78 is 0. The van der Waals surface area contributed by atoms with Gasteiger partial charge in [-0.25, -0.2) is 15.0 Å². The number of hydrogen-bond donors (Lipinski definition) is 1. The van der Waals surface area contributed by atoms with Crippen LogP contribution in [0.1, 0.15) is 36.2 Å². The molecule has 2 aliphatic heterocycles. The minimum Gasteiger partial charge on any atom is -0.367 e. The summed E-state index contributed by atoms with van der Waals surface area (Å²) >= 11 is 0. The van der Waals surface area contributed by atoms with Crippen LogP contribution in [0.3, 0.4) is 0 Å². The van der Waals surface area contributed by atoms with E-state index < -0.39 is 0 Å². The summed E-state index contributed by atoms with van der Waals surface area (Å²) in [5.74, 6) is 2.05. The largest absolute Gasteiger partial charge is 0.367 e. The number of nitriles is 1. The van der Waals surface area contributed by atoms with E-state index in [1.165, 1.54) is 28.7 Å².